The number of nitrogens with one attached hydrogen (secondary N) is 1. The van der Waals surface area contributed by atoms with E-state index in [1.165, 1.54) is 14.2 Å². The quantitative estimate of drug-likeness (QED) is 0.610. The summed E-state index contributed by atoms with van der Waals surface area (Å²) in [6.07, 6.45) is 0.380. The number of carbonyl (C=O) groups is 1. The van der Waals surface area contributed by atoms with Crippen LogP contribution in [0.2, 0.25) is 0 Å². The highest BCUT2D eigenvalue weighted by atomic mass is 32.2. The molecular weight excluding hydrogens is 282 g/mol. The monoisotopic (exact) mass is 301 g/mol. The lowest BCUT2D eigenvalue weighted by atomic mass is 10.1. The molecule has 0 aromatic heterocycles. The summed E-state index contributed by atoms with van der Waals surface area (Å²) in [5, 5.41) is 0. The molecule has 1 rings (SSSR count). The van der Waals surface area contributed by atoms with Crippen LogP contribution >= 0.6 is 0 Å². The van der Waals surface area contributed by atoms with Crippen molar-refractivity contribution >= 4 is 21.7 Å². The average Bonchev–Trinajstić information content (AvgIpc) is 2.40. The Hall–Kier alpha value is -1.60. The highest BCUT2D eigenvalue weighted by molar-refractivity contribution is 7.92. The number of carbonyl (C=O) groups excluding carboxylic acids is 1. The predicted octanol–water partition coefficient (Wildman–Crippen LogP) is 1.56. The largest absolute Gasteiger partial charge is 0.465 e. The van der Waals surface area contributed by atoms with Gasteiger partial charge in [-0.15, -0.1) is 0 Å². The SMILES string of the molecule is COCCCS(=O)(=O)Nc1ccc(C)cc1C(=O)OC. The first-order valence-corrected chi connectivity index (χ1v) is 7.73. The first kappa shape index (κ1) is 16.5. The summed E-state index contributed by atoms with van der Waals surface area (Å²) in [6, 6.07) is 4.85. The van der Waals surface area contributed by atoms with Crippen LogP contribution in [0, 0.1) is 6.92 Å². The molecule has 1 aromatic carbocycles. The van der Waals surface area contributed by atoms with Crippen LogP contribution in [0.1, 0.15) is 22.3 Å². The van der Waals surface area contributed by atoms with Gasteiger partial charge in [-0.2, -0.15) is 0 Å². The van der Waals surface area contributed by atoms with Crippen LogP contribution in [0.25, 0.3) is 0 Å². The van der Waals surface area contributed by atoms with Gasteiger partial charge in [-0.1, -0.05) is 11.6 Å². The maximum Gasteiger partial charge on any atom is 0.340 e. The summed E-state index contributed by atoms with van der Waals surface area (Å²) < 4.78 is 35.7. The molecule has 7 heteroatoms. The maximum absolute atomic E-state index is 11.9. The number of rotatable bonds is 7. The topological polar surface area (TPSA) is 81.7 Å². The molecule has 0 heterocycles. The van der Waals surface area contributed by atoms with Gasteiger partial charge in [0.15, 0.2) is 0 Å². The van der Waals surface area contributed by atoms with E-state index >= 15 is 0 Å². The second kappa shape index (κ2) is 7.25. The van der Waals surface area contributed by atoms with Gasteiger partial charge in [-0.05, 0) is 25.5 Å². The van der Waals surface area contributed by atoms with Crippen LogP contribution in [0.4, 0.5) is 5.69 Å². The molecule has 0 aliphatic heterocycles. The molecule has 0 amide bonds. The molecule has 20 heavy (non-hydrogen) atoms. The molecule has 0 fully saturated rings. The zero-order valence-corrected chi connectivity index (χ0v) is 12.6. The van der Waals surface area contributed by atoms with Crippen molar-refractivity contribution in [1.29, 1.82) is 0 Å². The minimum Gasteiger partial charge on any atom is -0.465 e. The van der Waals surface area contributed by atoms with Crippen molar-refractivity contribution in [3.8, 4) is 0 Å². The normalized spacial score (nSPS) is 11.2. The van der Waals surface area contributed by atoms with Crippen LogP contribution in [0.15, 0.2) is 18.2 Å². The lowest BCUT2D eigenvalue weighted by Crippen LogP contribution is -2.19. The molecule has 0 aliphatic rings. The lowest BCUT2D eigenvalue weighted by molar-refractivity contribution is 0.0602. The van der Waals surface area contributed by atoms with Crippen molar-refractivity contribution in [2.45, 2.75) is 13.3 Å². The number of benzene rings is 1. The van der Waals surface area contributed by atoms with Gasteiger partial charge in [0.1, 0.15) is 0 Å². The Kier molecular flexibility index (Phi) is 5.97. The van der Waals surface area contributed by atoms with E-state index in [0.717, 1.165) is 5.56 Å². The van der Waals surface area contributed by atoms with E-state index < -0.39 is 16.0 Å². The van der Waals surface area contributed by atoms with Crippen LogP contribution in [0.5, 0.6) is 0 Å². The van der Waals surface area contributed by atoms with E-state index in [0.29, 0.717) is 13.0 Å². The first-order chi connectivity index (χ1) is 9.39. The standard InChI is InChI=1S/C13H19NO5S/c1-10-5-6-12(11(9-10)13(15)19-3)14-20(16,17)8-4-7-18-2/h5-6,9,14H,4,7-8H2,1-3H3. The van der Waals surface area contributed by atoms with Gasteiger partial charge >= 0.3 is 5.97 Å². The maximum atomic E-state index is 11.9. The molecule has 1 aromatic rings. The third-order valence-corrected chi connectivity index (χ3v) is 3.96. The molecule has 0 radical (unpaired) electrons. The van der Waals surface area contributed by atoms with Crippen molar-refractivity contribution < 1.29 is 22.7 Å². The number of sulfonamides is 1. The van der Waals surface area contributed by atoms with Gasteiger partial charge in [0.2, 0.25) is 10.0 Å². The second-order valence-corrected chi connectivity index (χ2v) is 6.15. The van der Waals surface area contributed by atoms with Gasteiger partial charge in [0, 0.05) is 13.7 Å². The van der Waals surface area contributed by atoms with Crippen molar-refractivity contribution in [1.82, 2.24) is 0 Å². The number of esters is 1. The molecule has 6 nitrogen and oxygen atoms in total. The van der Waals surface area contributed by atoms with Gasteiger partial charge in [0.25, 0.3) is 0 Å². The van der Waals surface area contributed by atoms with Crippen LogP contribution in [-0.4, -0.2) is 41.0 Å². The second-order valence-electron chi connectivity index (χ2n) is 4.31. The first-order valence-electron chi connectivity index (χ1n) is 6.08. The molecule has 112 valence electrons. The van der Waals surface area contributed by atoms with Crippen LogP contribution in [0.3, 0.4) is 0 Å². The molecule has 0 bridgehead atoms. The van der Waals surface area contributed by atoms with E-state index in [-0.39, 0.29) is 17.0 Å². The summed E-state index contributed by atoms with van der Waals surface area (Å²) in [4.78, 5) is 11.7. The van der Waals surface area contributed by atoms with E-state index in [2.05, 4.69) is 9.46 Å². The highest BCUT2D eigenvalue weighted by Crippen LogP contribution is 2.20. The Balaban J connectivity index is 2.94. The Morgan fingerprint density at radius 3 is 2.60 bits per heavy atom. The Bertz CT molecular complexity index is 568. The number of methoxy groups -OCH3 is 2. The smallest absolute Gasteiger partial charge is 0.340 e. The fraction of sp³-hybridized carbons (Fsp3) is 0.462. The van der Waals surface area contributed by atoms with Crippen molar-refractivity contribution in [2.75, 3.05) is 31.3 Å². The molecule has 0 unspecified atom stereocenters. The number of hydrogen-bond acceptors (Lipinski definition) is 5. The number of ether oxygens (including phenoxy) is 2. The minimum atomic E-state index is -3.52. The summed E-state index contributed by atoms with van der Waals surface area (Å²) >= 11 is 0. The zero-order chi connectivity index (χ0) is 15.2. The summed E-state index contributed by atoms with van der Waals surface area (Å²) in [6.45, 7) is 2.17. The minimum absolute atomic E-state index is 0.0741. The zero-order valence-electron chi connectivity index (χ0n) is 11.8. The Morgan fingerprint density at radius 2 is 2.00 bits per heavy atom. The van der Waals surface area contributed by atoms with Gasteiger partial charge in [0.05, 0.1) is 24.1 Å². The number of aryl methyl sites for hydroxylation is 1. The summed E-state index contributed by atoms with van der Waals surface area (Å²) in [5.41, 5.74) is 1.26. The van der Waals surface area contributed by atoms with Gasteiger partial charge in [-0.3, -0.25) is 4.72 Å². The van der Waals surface area contributed by atoms with Crippen LogP contribution < -0.4 is 4.72 Å². The molecule has 0 saturated carbocycles. The third-order valence-electron chi connectivity index (χ3n) is 2.61. The fourth-order valence-electron chi connectivity index (χ4n) is 1.64. The molecule has 0 aliphatic carbocycles. The molecule has 1 N–H and O–H groups in total. The average molecular weight is 301 g/mol. The number of hydrogen-bond donors (Lipinski definition) is 1. The predicted molar refractivity (Wildman–Crippen MR) is 76.4 cm³/mol. The van der Waals surface area contributed by atoms with Crippen LogP contribution in [-0.2, 0) is 19.5 Å². The van der Waals surface area contributed by atoms with E-state index in [4.69, 9.17) is 4.74 Å². The third kappa shape index (κ3) is 4.82. The van der Waals surface area contributed by atoms with E-state index in [9.17, 15) is 13.2 Å². The Labute approximate surface area is 119 Å². The highest BCUT2D eigenvalue weighted by Gasteiger charge is 2.17. The summed E-state index contributed by atoms with van der Waals surface area (Å²) in [5.74, 6) is -0.654. The number of anilines is 1. The molecular formula is C13H19NO5S. The molecule has 0 atom stereocenters. The summed E-state index contributed by atoms with van der Waals surface area (Å²) in [7, 11) is -0.761. The Morgan fingerprint density at radius 1 is 1.30 bits per heavy atom. The van der Waals surface area contributed by atoms with Crippen molar-refractivity contribution in [2.24, 2.45) is 0 Å². The van der Waals surface area contributed by atoms with Gasteiger partial charge < -0.3 is 9.47 Å². The van der Waals surface area contributed by atoms with E-state index in [1.807, 2.05) is 6.92 Å². The van der Waals surface area contributed by atoms with Gasteiger partial charge in [-0.25, -0.2) is 13.2 Å². The van der Waals surface area contributed by atoms with Crippen molar-refractivity contribution in [3.05, 3.63) is 29.3 Å². The molecule has 0 saturated heterocycles. The fourth-order valence-corrected chi connectivity index (χ4v) is 2.75. The van der Waals surface area contributed by atoms with E-state index in [1.54, 1.807) is 18.2 Å². The lowest BCUT2D eigenvalue weighted by Gasteiger charge is -2.12. The van der Waals surface area contributed by atoms with Crippen molar-refractivity contribution in [3.63, 3.8) is 0 Å². The molecule has 0 spiro atoms.